The lowest BCUT2D eigenvalue weighted by molar-refractivity contribution is -0.167. The zero-order chi connectivity index (χ0) is 10.6. The number of carboxylic acids is 1. The molecule has 3 saturated heterocycles. The highest BCUT2D eigenvalue weighted by Gasteiger charge is 2.64. The van der Waals surface area contributed by atoms with Gasteiger partial charge in [-0.25, -0.2) is 0 Å². The van der Waals surface area contributed by atoms with Crippen LogP contribution in [0.5, 0.6) is 0 Å². The van der Waals surface area contributed by atoms with Gasteiger partial charge in [0.15, 0.2) is 0 Å². The predicted octanol–water partition coefficient (Wildman–Crippen LogP) is 0.182. The molecule has 0 amide bonds. The summed E-state index contributed by atoms with van der Waals surface area (Å²) in [5.74, 6) is -1.85. The fourth-order valence-electron chi connectivity index (χ4n) is 3.22. The maximum absolute atomic E-state index is 11.2. The molecule has 0 aromatic heterocycles. The lowest BCUT2D eigenvalue weighted by atomic mass is 9.69. The van der Waals surface area contributed by atoms with Gasteiger partial charge in [0.05, 0.1) is 18.4 Å². The number of hydrogen-bond acceptors (Lipinski definition) is 4. The number of aliphatic carboxylic acids is 1. The maximum Gasteiger partial charge on any atom is 0.309 e. The van der Waals surface area contributed by atoms with Gasteiger partial charge in [0.2, 0.25) is 0 Å². The molecule has 4 atom stereocenters. The number of carbonyl (C=O) groups excluding carboxylic acids is 1. The number of carbonyl (C=O) groups is 2. The van der Waals surface area contributed by atoms with Crippen molar-refractivity contribution in [3.63, 3.8) is 0 Å². The maximum atomic E-state index is 11.2. The molecule has 82 valence electrons. The van der Waals surface area contributed by atoms with Gasteiger partial charge in [-0.3, -0.25) is 9.59 Å². The number of esters is 1. The van der Waals surface area contributed by atoms with E-state index in [0.29, 0.717) is 0 Å². The number of rotatable bonds is 1. The van der Waals surface area contributed by atoms with Crippen molar-refractivity contribution in [2.75, 3.05) is 6.61 Å². The quantitative estimate of drug-likeness (QED) is 0.628. The Bertz CT molecular complexity index is 339. The molecule has 3 rings (SSSR count). The van der Waals surface area contributed by atoms with Crippen molar-refractivity contribution < 1.29 is 24.2 Å². The topological polar surface area (TPSA) is 72.8 Å². The average Bonchev–Trinajstić information content (AvgIpc) is 2.70. The van der Waals surface area contributed by atoms with Crippen LogP contribution in [0.1, 0.15) is 19.3 Å². The Morgan fingerprint density at radius 3 is 3.07 bits per heavy atom. The first-order chi connectivity index (χ1) is 7.12. The second kappa shape index (κ2) is 2.72. The second-order valence-electron chi connectivity index (χ2n) is 4.60. The van der Waals surface area contributed by atoms with E-state index in [0.717, 1.165) is 12.8 Å². The molecule has 3 aliphatic heterocycles. The summed E-state index contributed by atoms with van der Waals surface area (Å²) in [5, 5.41) is 9.13. The molecule has 3 fully saturated rings. The van der Waals surface area contributed by atoms with E-state index in [9.17, 15) is 9.59 Å². The van der Waals surface area contributed by atoms with Crippen molar-refractivity contribution in [2.24, 2.45) is 11.8 Å². The minimum Gasteiger partial charge on any atom is -0.481 e. The van der Waals surface area contributed by atoms with E-state index in [-0.39, 0.29) is 31.0 Å². The van der Waals surface area contributed by atoms with Crippen molar-refractivity contribution in [3.05, 3.63) is 0 Å². The van der Waals surface area contributed by atoms with Crippen LogP contribution in [0.25, 0.3) is 0 Å². The zero-order valence-corrected chi connectivity index (χ0v) is 8.14. The minimum atomic E-state index is -0.846. The smallest absolute Gasteiger partial charge is 0.309 e. The van der Waals surface area contributed by atoms with Crippen molar-refractivity contribution in [1.29, 1.82) is 0 Å². The molecular formula is C10H12O5. The molecule has 0 radical (unpaired) electrons. The van der Waals surface area contributed by atoms with E-state index >= 15 is 0 Å². The summed E-state index contributed by atoms with van der Waals surface area (Å²) in [7, 11) is 0. The predicted molar refractivity (Wildman–Crippen MR) is 47.0 cm³/mol. The molecule has 1 N–H and O–H groups in total. The van der Waals surface area contributed by atoms with Crippen LogP contribution >= 0.6 is 0 Å². The summed E-state index contributed by atoms with van der Waals surface area (Å²) >= 11 is 0. The Morgan fingerprint density at radius 2 is 2.33 bits per heavy atom. The van der Waals surface area contributed by atoms with Crippen LogP contribution in [0.2, 0.25) is 0 Å². The molecule has 0 saturated carbocycles. The molecule has 3 heterocycles. The lowest BCUT2D eigenvalue weighted by Gasteiger charge is -2.37. The number of carboxylic acid groups (broad SMARTS) is 1. The Hall–Kier alpha value is -1.10. The van der Waals surface area contributed by atoms with E-state index in [1.165, 1.54) is 0 Å². The van der Waals surface area contributed by atoms with Gasteiger partial charge in [-0.1, -0.05) is 0 Å². The third-order valence-electron chi connectivity index (χ3n) is 3.90. The lowest BCUT2D eigenvalue weighted by Crippen LogP contribution is -2.49. The number of hydrogen-bond donors (Lipinski definition) is 1. The summed E-state index contributed by atoms with van der Waals surface area (Å²) in [5.41, 5.74) is -0.484. The molecule has 3 aliphatic rings. The third-order valence-corrected chi connectivity index (χ3v) is 3.90. The van der Waals surface area contributed by atoms with Gasteiger partial charge in [0.1, 0.15) is 12.2 Å². The molecule has 15 heavy (non-hydrogen) atoms. The average molecular weight is 212 g/mol. The summed E-state index contributed by atoms with van der Waals surface area (Å²) in [4.78, 5) is 22.3. The molecule has 0 aromatic carbocycles. The summed E-state index contributed by atoms with van der Waals surface area (Å²) in [6.45, 7) is 0.233. The third kappa shape index (κ3) is 1.07. The number of fused-ring (bicyclic) bond motifs is 1. The molecule has 5 nitrogen and oxygen atoms in total. The van der Waals surface area contributed by atoms with Crippen molar-refractivity contribution in [2.45, 2.75) is 31.0 Å². The SMILES string of the molecule is O=C1C[C@H]2[C@H](C(=O)O)[C@H]3CC[C@@]2(CO1)O3. The van der Waals surface area contributed by atoms with Gasteiger partial charge < -0.3 is 14.6 Å². The van der Waals surface area contributed by atoms with Crippen LogP contribution in [0.15, 0.2) is 0 Å². The highest BCUT2D eigenvalue weighted by atomic mass is 16.6. The van der Waals surface area contributed by atoms with E-state index in [4.69, 9.17) is 14.6 Å². The van der Waals surface area contributed by atoms with E-state index in [1.54, 1.807) is 0 Å². The van der Waals surface area contributed by atoms with E-state index < -0.39 is 17.5 Å². The largest absolute Gasteiger partial charge is 0.481 e. The van der Waals surface area contributed by atoms with Gasteiger partial charge in [-0.05, 0) is 12.8 Å². The van der Waals surface area contributed by atoms with E-state index in [2.05, 4.69) is 0 Å². The fourth-order valence-corrected chi connectivity index (χ4v) is 3.22. The first-order valence-corrected chi connectivity index (χ1v) is 5.19. The number of cyclic esters (lactones) is 1. The first-order valence-electron chi connectivity index (χ1n) is 5.19. The van der Waals surface area contributed by atoms with Gasteiger partial charge >= 0.3 is 11.9 Å². The molecule has 5 heteroatoms. The van der Waals surface area contributed by atoms with Gasteiger partial charge in [-0.2, -0.15) is 0 Å². The summed E-state index contributed by atoms with van der Waals surface area (Å²) in [6.07, 6.45) is 1.56. The normalized spacial score (nSPS) is 47.5. The Morgan fingerprint density at radius 1 is 1.53 bits per heavy atom. The standard InChI is InChI=1S/C10H12O5/c11-7-3-5-8(9(12)13)6-1-2-10(5,15-6)4-14-7/h5-6,8H,1-4H2,(H,12,13)/t5-,6+,8-,10-/m0/s1. The zero-order valence-electron chi connectivity index (χ0n) is 8.14. The van der Waals surface area contributed by atoms with Crippen LogP contribution in [-0.4, -0.2) is 35.4 Å². The van der Waals surface area contributed by atoms with Gasteiger partial charge in [0.25, 0.3) is 0 Å². The molecule has 0 aromatic rings. The Balaban J connectivity index is 1.95. The fraction of sp³-hybridized carbons (Fsp3) is 0.800. The van der Waals surface area contributed by atoms with Crippen LogP contribution < -0.4 is 0 Å². The van der Waals surface area contributed by atoms with Crippen LogP contribution in [0, 0.1) is 11.8 Å². The first kappa shape index (κ1) is 9.15. The van der Waals surface area contributed by atoms with Crippen LogP contribution in [-0.2, 0) is 19.1 Å². The summed E-state index contributed by atoms with van der Waals surface area (Å²) in [6, 6.07) is 0. The second-order valence-corrected chi connectivity index (χ2v) is 4.60. The minimum absolute atomic E-state index is 0.185. The van der Waals surface area contributed by atoms with Crippen LogP contribution in [0.4, 0.5) is 0 Å². The molecular weight excluding hydrogens is 200 g/mol. The Kier molecular flexibility index (Phi) is 1.66. The van der Waals surface area contributed by atoms with Gasteiger partial charge in [0, 0.05) is 5.92 Å². The molecule has 1 spiro atoms. The Labute approximate surface area is 86.4 Å². The molecule has 0 aliphatic carbocycles. The van der Waals surface area contributed by atoms with Crippen LogP contribution in [0.3, 0.4) is 0 Å². The molecule has 0 unspecified atom stereocenters. The highest BCUT2D eigenvalue weighted by molar-refractivity contribution is 5.76. The highest BCUT2D eigenvalue weighted by Crippen LogP contribution is 2.54. The number of ether oxygens (including phenoxy) is 2. The molecule has 2 bridgehead atoms. The monoisotopic (exact) mass is 212 g/mol. The van der Waals surface area contributed by atoms with Gasteiger partial charge in [-0.15, -0.1) is 0 Å². The van der Waals surface area contributed by atoms with Crippen molar-refractivity contribution >= 4 is 11.9 Å². The van der Waals surface area contributed by atoms with Crippen molar-refractivity contribution in [1.82, 2.24) is 0 Å². The van der Waals surface area contributed by atoms with Crippen molar-refractivity contribution in [3.8, 4) is 0 Å². The van der Waals surface area contributed by atoms with E-state index in [1.807, 2.05) is 0 Å². The summed E-state index contributed by atoms with van der Waals surface area (Å²) < 4.78 is 10.7.